The van der Waals surface area contributed by atoms with Crippen molar-refractivity contribution in [3.63, 3.8) is 0 Å². The molecule has 0 saturated heterocycles. The molecule has 4 rings (SSSR count). The molecule has 1 N–H and O–H groups in total. The number of tetrazole rings is 1. The third-order valence-corrected chi connectivity index (χ3v) is 3.99. The van der Waals surface area contributed by atoms with E-state index in [0.717, 1.165) is 23.4 Å². The Morgan fingerprint density at radius 2 is 2.12 bits per heavy atom. The van der Waals surface area contributed by atoms with E-state index in [4.69, 9.17) is 4.74 Å². The molecule has 120 valence electrons. The molecule has 2 heterocycles. The fourth-order valence-corrected chi connectivity index (χ4v) is 2.80. The topological polar surface area (TPSA) is 81.9 Å². The molecule has 0 spiro atoms. The largest absolute Gasteiger partial charge is 0.493 e. The first kappa shape index (κ1) is 14.4. The van der Waals surface area contributed by atoms with E-state index >= 15 is 0 Å². The Hall–Kier alpha value is -3.22. The molecule has 0 bridgehead atoms. The average Bonchev–Trinajstić information content (AvgIpc) is 3.17. The van der Waals surface area contributed by atoms with Crippen molar-refractivity contribution in [2.45, 2.75) is 12.5 Å². The number of aromatic nitrogens is 4. The Balaban J connectivity index is 1.56. The highest BCUT2D eigenvalue weighted by Crippen LogP contribution is 2.31. The maximum Gasteiger partial charge on any atom is 0.251 e. The Morgan fingerprint density at radius 1 is 1.21 bits per heavy atom. The van der Waals surface area contributed by atoms with Crippen LogP contribution in [0.5, 0.6) is 5.75 Å². The van der Waals surface area contributed by atoms with Crippen molar-refractivity contribution < 1.29 is 9.53 Å². The van der Waals surface area contributed by atoms with E-state index < -0.39 is 0 Å². The van der Waals surface area contributed by atoms with Gasteiger partial charge in [-0.25, -0.2) is 4.68 Å². The smallest absolute Gasteiger partial charge is 0.251 e. The summed E-state index contributed by atoms with van der Waals surface area (Å²) in [4.78, 5) is 12.6. The van der Waals surface area contributed by atoms with E-state index in [1.54, 1.807) is 12.1 Å². The predicted octanol–water partition coefficient (Wildman–Crippen LogP) is 1.92. The van der Waals surface area contributed by atoms with Crippen LogP contribution in [0.25, 0.3) is 5.69 Å². The molecule has 2 aromatic carbocycles. The zero-order valence-electron chi connectivity index (χ0n) is 12.8. The van der Waals surface area contributed by atoms with Gasteiger partial charge in [-0.2, -0.15) is 0 Å². The number of hydrogen-bond donors (Lipinski definition) is 1. The van der Waals surface area contributed by atoms with Crippen molar-refractivity contribution in [3.8, 4) is 11.4 Å². The first-order valence-electron chi connectivity index (χ1n) is 7.67. The molecule has 1 amide bonds. The maximum absolute atomic E-state index is 12.6. The number of para-hydroxylation sites is 1. The van der Waals surface area contributed by atoms with Crippen LogP contribution in [0.2, 0.25) is 0 Å². The van der Waals surface area contributed by atoms with E-state index in [2.05, 4.69) is 20.8 Å². The Morgan fingerprint density at radius 3 is 3.00 bits per heavy atom. The molecule has 0 fully saturated rings. The lowest BCUT2D eigenvalue weighted by Gasteiger charge is -2.26. The van der Waals surface area contributed by atoms with Crippen LogP contribution in [0.15, 0.2) is 54.9 Å². The van der Waals surface area contributed by atoms with Gasteiger partial charge in [0.2, 0.25) is 0 Å². The summed E-state index contributed by atoms with van der Waals surface area (Å²) in [6.07, 6.45) is 2.24. The molecular weight excluding hydrogens is 306 g/mol. The van der Waals surface area contributed by atoms with E-state index in [1.165, 1.54) is 11.0 Å². The van der Waals surface area contributed by atoms with Gasteiger partial charge in [0.25, 0.3) is 5.91 Å². The third kappa shape index (κ3) is 2.71. The van der Waals surface area contributed by atoms with Crippen LogP contribution in [0.3, 0.4) is 0 Å². The molecule has 1 unspecified atom stereocenters. The van der Waals surface area contributed by atoms with Crippen LogP contribution in [0.1, 0.15) is 28.4 Å². The second kappa shape index (κ2) is 6.11. The van der Waals surface area contributed by atoms with Crippen molar-refractivity contribution in [1.29, 1.82) is 0 Å². The summed E-state index contributed by atoms with van der Waals surface area (Å²) in [5.74, 6) is 0.697. The molecule has 1 atom stereocenters. The highest BCUT2D eigenvalue weighted by Gasteiger charge is 2.23. The molecule has 24 heavy (non-hydrogen) atoms. The highest BCUT2D eigenvalue weighted by molar-refractivity contribution is 5.95. The van der Waals surface area contributed by atoms with E-state index in [9.17, 15) is 4.79 Å². The van der Waals surface area contributed by atoms with Crippen molar-refractivity contribution in [2.24, 2.45) is 0 Å². The minimum Gasteiger partial charge on any atom is -0.493 e. The van der Waals surface area contributed by atoms with E-state index in [1.807, 2.05) is 36.4 Å². The second-order valence-corrected chi connectivity index (χ2v) is 5.51. The fourth-order valence-electron chi connectivity index (χ4n) is 2.80. The minimum atomic E-state index is -0.133. The summed E-state index contributed by atoms with van der Waals surface area (Å²) >= 11 is 0. The number of amides is 1. The van der Waals surface area contributed by atoms with Gasteiger partial charge in [-0.15, -0.1) is 5.10 Å². The Kier molecular flexibility index (Phi) is 3.66. The number of nitrogens with zero attached hydrogens (tertiary/aromatic N) is 4. The van der Waals surface area contributed by atoms with Crippen LogP contribution in [-0.4, -0.2) is 32.7 Å². The summed E-state index contributed by atoms with van der Waals surface area (Å²) in [5.41, 5.74) is 2.31. The van der Waals surface area contributed by atoms with Gasteiger partial charge in [-0.05, 0) is 34.7 Å². The number of rotatable bonds is 3. The van der Waals surface area contributed by atoms with E-state index in [0.29, 0.717) is 12.2 Å². The summed E-state index contributed by atoms with van der Waals surface area (Å²) in [6.45, 7) is 0.590. The molecular formula is C17H15N5O2. The van der Waals surface area contributed by atoms with Crippen LogP contribution < -0.4 is 10.1 Å². The molecule has 7 nitrogen and oxygen atoms in total. The molecule has 1 aliphatic rings. The number of ether oxygens (including phenoxy) is 1. The first-order chi connectivity index (χ1) is 11.8. The maximum atomic E-state index is 12.6. The lowest BCUT2D eigenvalue weighted by molar-refractivity contribution is 0.0925. The van der Waals surface area contributed by atoms with Gasteiger partial charge in [0.05, 0.1) is 18.3 Å². The van der Waals surface area contributed by atoms with Gasteiger partial charge in [0.15, 0.2) is 0 Å². The van der Waals surface area contributed by atoms with E-state index in [-0.39, 0.29) is 11.9 Å². The van der Waals surface area contributed by atoms with Gasteiger partial charge in [-0.1, -0.05) is 24.3 Å². The van der Waals surface area contributed by atoms with Crippen LogP contribution >= 0.6 is 0 Å². The monoisotopic (exact) mass is 321 g/mol. The van der Waals surface area contributed by atoms with Gasteiger partial charge in [-0.3, -0.25) is 4.79 Å². The fraction of sp³-hybridized carbons (Fsp3) is 0.176. The second-order valence-electron chi connectivity index (χ2n) is 5.51. The molecule has 0 saturated carbocycles. The van der Waals surface area contributed by atoms with Gasteiger partial charge in [0.1, 0.15) is 12.1 Å². The Labute approximate surface area is 138 Å². The lowest BCUT2D eigenvalue weighted by Crippen LogP contribution is -2.32. The van der Waals surface area contributed by atoms with Crippen LogP contribution in [0.4, 0.5) is 0 Å². The molecule has 0 aliphatic carbocycles. The lowest BCUT2D eigenvalue weighted by atomic mass is 10.00. The van der Waals surface area contributed by atoms with Gasteiger partial charge in [0, 0.05) is 17.5 Å². The zero-order valence-corrected chi connectivity index (χ0v) is 12.8. The molecule has 0 radical (unpaired) electrons. The summed E-state index contributed by atoms with van der Waals surface area (Å²) in [6, 6.07) is 14.9. The molecule has 1 aliphatic heterocycles. The molecule has 3 aromatic rings. The van der Waals surface area contributed by atoms with Crippen molar-refractivity contribution in [3.05, 3.63) is 66.0 Å². The summed E-state index contributed by atoms with van der Waals surface area (Å²) < 4.78 is 7.15. The number of hydrogen-bond acceptors (Lipinski definition) is 5. The third-order valence-electron chi connectivity index (χ3n) is 3.99. The number of benzene rings is 2. The molecule has 7 heteroatoms. The minimum absolute atomic E-state index is 0.0563. The summed E-state index contributed by atoms with van der Waals surface area (Å²) in [5, 5.41) is 14.1. The van der Waals surface area contributed by atoms with Crippen LogP contribution in [-0.2, 0) is 0 Å². The Bertz CT molecular complexity index is 863. The van der Waals surface area contributed by atoms with Crippen LogP contribution in [0, 0.1) is 0 Å². The van der Waals surface area contributed by atoms with Gasteiger partial charge >= 0.3 is 0 Å². The molecule has 1 aromatic heterocycles. The van der Waals surface area contributed by atoms with Crippen molar-refractivity contribution in [2.75, 3.05) is 6.61 Å². The quantitative estimate of drug-likeness (QED) is 0.797. The van der Waals surface area contributed by atoms with Crippen molar-refractivity contribution >= 4 is 5.91 Å². The first-order valence-corrected chi connectivity index (χ1v) is 7.67. The highest BCUT2D eigenvalue weighted by atomic mass is 16.5. The number of carbonyl (C=O) groups excluding carboxylic acids is 1. The predicted molar refractivity (Wildman–Crippen MR) is 85.9 cm³/mol. The summed E-state index contributed by atoms with van der Waals surface area (Å²) in [7, 11) is 0. The normalized spacial score (nSPS) is 16.1. The number of fused-ring (bicyclic) bond motifs is 1. The zero-order chi connectivity index (χ0) is 16.4. The van der Waals surface area contributed by atoms with Crippen molar-refractivity contribution in [1.82, 2.24) is 25.5 Å². The van der Waals surface area contributed by atoms with Gasteiger partial charge < -0.3 is 10.1 Å². The number of carbonyl (C=O) groups is 1. The SMILES string of the molecule is O=C(NC1CCOc2ccccc21)c1cccc(-n2cnnn2)c1. The standard InChI is InChI=1S/C17H15N5O2/c23-17(12-4-3-5-13(10-12)22-11-18-20-21-22)19-15-8-9-24-16-7-2-1-6-14(15)16/h1-7,10-11,15H,8-9H2,(H,19,23). The average molecular weight is 321 g/mol. The number of nitrogens with one attached hydrogen (secondary N) is 1.